The zero-order valence-electron chi connectivity index (χ0n) is 10.9. The van der Waals surface area contributed by atoms with Gasteiger partial charge in [0.15, 0.2) is 0 Å². The minimum absolute atomic E-state index is 0.565. The van der Waals surface area contributed by atoms with E-state index in [2.05, 4.69) is 24.8 Å². The number of benzene rings is 1. The minimum Gasteiger partial charge on any atom is -0.497 e. The lowest BCUT2D eigenvalue weighted by Gasteiger charge is -2.39. The number of hydrogen-bond donors (Lipinski definition) is 1. The second-order valence-electron chi connectivity index (χ2n) is 5.02. The number of piperidine rings is 1. The van der Waals surface area contributed by atoms with E-state index in [1.807, 2.05) is 12.1 Å². The van der Waals surface area contributed by atoms with Crippen LogP contribution in [-0.2, 0) is 0 Å². The Hall–Kier alpha value is -1.38. The molecule has 0 bridgehead atoms. The highest BCUT2D eigenvalue weighted by Crippen LogP contribution is 2.32. The van der Waals surface area contributed by atoms with E-state index in [-0.39, 0.29) is 0 Å². The number of nitrogens with zero attached hydrogens (tertiary/aromatic N) is 1. The van der Waals surface area contributed by atoms with Crippen molar-refractivity contribution in [1.29, 1.82) is 0 Å². The normalized spacial score (nSPS) is 24.8. The molecule has 0 spiro atoms. The van der Waals surface area contributed by atoms with E-state index in [1.54, 1.807) is 7.11 Å². The second-order valence-corrected chi connectivity index (χ2v) is 5.02. The summed E-state index contributed by atoms with van der Waals surface area (Å²) in [6, 6.07) is 6.54. The number of nitrogen functional groups attached to an aromatic ring is 1. The minimum atomic E-state index is 0.565. The van der Waals surface area contributed by atoms with Crippen LogP contribution in [0.25, 0.3) is 0 Å². The predicted octanol–water partition coefficient (Wildman–Crippen LogP) is 2.90. The summed E-state index contributed by atoms with van der Waals surface area (Å²) < 4.78 is 5.28. The van der Waals surface area contributed by atoms with Crippen LogP contribution in [0.5, 0.6) is 5.75 Å². The Morgan fingerprint density at radius 1 is 1.29 bits per heavy atom. The Labute approximate surface area is 104 Å². The van der Waals surface area contributed by atoms with Crippen molar-refractivity contribution in [1.82, 2.24) is 0 Å². The molecule has 0 saturated carbocycles. The van der Waals surface area contributed by atoms with Gasteiger partial charge in [0.2, 0.25) is 0 Å². The molecule has 2 rings (SSSR count). The quantitative estimate of drug-likeness (QED) is 0.800. The molecule has 2 unspecified atom stereocenters. The molecule has 0 aromatic heterocycles. The summed E-state index contributed by atoms with van der Waals surface area (Å²) in [4.78, 5) is 2.44. The lowest BCUT2D eigenvalue weighted by molar-refractivity contribution is 0.362. The van der Waals surface area contributed by atoms with Crippen LogP contribution >= 0.6 is 0 Å². The monoisotopic (exact) mass is 234 g/mol. The van der Waals surface area contributed by atoms with E-state index < -0.39 is 0 Å². The SMILES string of the molecule is COc1cc(N)cc(N2CCCC(C)C2C)c1. The molecule has 0 aliphatic carbocycles. The first-order valence-electron chi connectivity index (χ1n) is 6.33. The van der Waals surface area contributed by atoms with Gasteiger partial charge >= 0.3 is 0 Å². The molecule has 0 radical (unpaired) electrons. The molecule has 1 heterocycles. The van der Waals surface area contributed by atoms with Crippen LogP contribution in [0, 0.1) is 5.92 Å². The fourth-order valence-corrected chi connectivity index (χ4v) is 2.59. The average Bonchev–Trinajstić information content (AvgIpc) is 2.31. The van der Waals surface area contributed by atoms with Gasteiger partial charge in [0.05, 0.1) is 7.11 Å². The van der Waals surface area contributed by atoms with Gasteiger partial charge in [0.25, 0.3) is 0 Å². The molecule has 1 aliphatic heterocycles. The van der Waals surface area contributed by atoms with Gasteiger partial charge in [0.1, 0.15) is 5.75 Å². The van der Waals surface area contributed by atoms with Gasteiger partial charge in [0, 0.05) is 36.1 Å². The van der Waals surface area contributed by atoms with E-state index in [0.29, 0.717) is 6.04 Å². The molecule has 0 amide bonds. The third-order valence-electron chi connectivity index (χ3n) is 3.85. The summed E-state index contributed by atoms with van der Waals surface area (Å²) in [6.07, 6.45) is 2.57. The van der Waals surface area contributed by atoms with Crippen LogP contribution < -0.4 is 15.4 Å². The van der Waals surface area contributed by atoms with Crippen molar-refractivity contribution in [2.24, 2.45) is 5.92 Å². The number of hydrogen-bond acceptors (Lipinski definition) is 3. The van der Waals surface area contributed by atoms with Crippen molar-refractivity contribution in [2.75, 3.05) is 24.3 Å². The Kier molecular flexibility index (Phi) is 3.46. The molecule has 1 aliphatic rings. The summed E-state index contributed by atoms with van der Waals surface area (Å²) in [6.45, 7) is 5.72. The smallest absolute Gasteiger partial charge is 0.122 e. The maximum atomic E-state index is 5.92. The highest BCUT2D eigenvalue weighted by molar-refractivity contribution is 5.61. The molecule has 3 nitrogen and oxygen atoms in total. The lowest BCUT2D eigenvalue weighted by atomic mass is 9.91. The molecule has 2 atom stereocenters. The number of rotatable bonds is 2. The van der Waals surface area contributed by atoms with E-state index in [9.17, 15) is 0 Å². The zero-order valence-corrected chi connectivity index (χ0v) is 10.9. The van der Waals surface area contributed by atoms with Crippen molar-refractivity contribution in [3.63, 3.8) is 0 Å². The first-order valence-corrected chi connectivity index (χ1v) is 6.33. The molecule has 94 valence electrons. The van der Waals surface area contributed by atoms with Crippen molar-refractivity contribution in [3.05, 3.63) is 18.2 Å². The molecule has 1 aromatic rings. The summed E-state index contributed by atoms with van der Waals surface area (Å²) in [5.74, 6) is 1.57. The lowest BCUT2D eigenvalue weighted by Crippen LogP contribution is -2.42. The molecule has 1 saturated heterocycles. The van der Waals surface area contributed by atoms with Crippen LogP contribution in [0.15, 0.2) is 18.2 Å². The van der Waals surface area contributed by atoms with Gasteiger partial charge in [-0.2, -0.15) is 0 Å². The number of anilines is 2. The Bertz CT molecular complexity index is 392. The van der Waals surface area contributed by atoms with Crippen molar-refractivity contribution in [2.45, 2.75) is 32.7 Å². The first kappa shape index (κ1) is 12.1. The number of ether oxygens (including phenoxy) is 1. The third kappa shape index (κ3) is 2.48. The third-order valence-corrected chi connectivity index (χ3v) is 3.85. The molecular formula is C14H22N2O. The van der Waals surface area contributed by atoms with E-state index in [4.69, 9.17) is 10.5 Å². The van der Waals surface area contributed by atoms with Crippen molar-refractivity contribution < 1.29 is 4.74 Å². The van der Waals surface area contributed by atoms with Crippen molar-refractivity contribution >= 4 is 11.4 Å². The summed E-state index contributed by atoms with van der Waals surface area (Å²) in [5, 5.41) is 0. The molecule has 1 aromatic carbocycles. The first-order chi connectivity index (χ1) is 8.11. The Morgan fingerprint density at radius 3 is 2.76 bits per heavy atom. The standard InChI is InChI=1S/C14H22N2O/c1-10-5-4-6-16(11(10)2)13-7-12(15)8-14(9-13)17-3/h7-11H,4-6,15H2,1-3H3. The average molecular weight is 234 g/mol. The van der Waals surface area contributed by atoms with E-state index in [1.165, 1.54) is 18.5 Å². The highest BCUT2D eigenvalue weighted by Gasteiger charge is 2.25. The van der Waals surface area contributed by atoms with Gasteiger partial charge in [-0.25, -0.2) is 0 Å². The Morgan fingerprint density at radius 2 is 2.06 bits per heavy atom. The summed E-state index contributed by atoms with van der Waals surface area (Å²) >= 11 is 0. The largest absolute Gasteiger partial charge is 0.497 e. The zero-order chi connectivity index (χ0) is 12.4. The molecular weight excluding hydrogens is 212 g/mol. The molecule has 2 N–H and O–H groups in total. The van der Waals surface area contributed by atoms with Gasteiger partial charge in [-0.05, 0) is 31.7 Å². The fourth-order valence-electron chi connectivity index (χ4n) is 2.59. The van der Waals surface area contributed by atoms with Gasteiger partial charge in [-0.15, -0.1) is 0 Å². The van der Waals surface area contributed by atoms with Crippen LogP contribution in [0.4, 0.5) is 11.4 Å². The van der Waals surface area contributed by atoms with Crippen LogP contribution in [0.1, 0.15) is 26.7 Å². The maximum absolute atomic E-state index is 5.92. The fraction of sp³-hybridized carbons (Fsp3) is 0.571. The predicted molar refractivity (Wildman–Crippen MR) is 72.6 cm³/mol. The Balaban J connectivity index is 2.29. The molecule has 3 heteroatoms. The van der Waals surface area contributed by atoms with E-state index in [0.717, 1.165) is 23.9 Å². The van der Waals surface area contributed by atoms with Gasteiger partial charge in [-0.1, -0.05) is 6.92 Å². The summed E-state index contributed by atoms with van der Waals surface area (Å²) in [7, 11) is 1.68. The van der Waals surface area contributed by atoms with Gasteiger partial charge in [-0.3, -0.25) is 0 Å². The topological polar surface area (TPSA) is 38.5 Å². The molecule has 1 fully saturated rings. The van der Waals surface area contributed by atoms with Crippen LogP contribution in [-0.4, -0.2) is 19.7 Å². The van der Waals surface area contributed by atoms with Crippen LogP contribution in [0.3, 0.4) is 0 Å². The number of methoxy groups -OCH3 is 1. The molecule has 17 heavy (non-hydrogen) atoms. The maximum Gasteiger partial charge on any atom is 0.122 e. The summed E-state index contributed by atoms with van der Waals surface area (Å²) in [5.41, 5.74) is 7.86. The van der Waals surface area contributed by atoms with Crippen LogP contribution in [0.2, 0.25) is 0 Å². The number of nitrogens with two attached hydrogens (primary N) is 1. The van der Waals surface area contributed by atoms with E-state index >= 15 is 0 Å². The highest BCUT2D eigenvalue weighted by atomic mass is 16.5. The van der Waals surface area contributed by atoms with Gasteiger partial charge < -0.3 is 15.4 Å². The van der Waals surface area contributed by atoms with Crippen molar-refractivity contribution in [3.8, 4) is 5.75 Å². The second kappa shape index (κ2) is 4.86.